The lowest BCUT2D eigenvalue weighted by Gasteiger charge is -2.26. The summed E-state index contributed by atoms with van der Waals surface area (Å²) in [5, 5.41) is 3.23. The SMILES string of the molecule is Cc1c(F)cncc1C(=O)Nc1ccc(C(C)(C)c2ccc(Cl)nc2)cc1. The average Bonchev–Trinajstić information content (AvgIpc) is 2.64. The van der Waals surface area contributed by atoms with Crippen molar-refractivity contribution in [3.05, 3.63) is 88.2 Å². The van der Waals surface area contributed by atoms with Gasteiger partial charge in [-0.3, -0.25) is 9.78 Å². The van der Waals surface area contributed by atoms with Crippen molar-refractivity contribution in [1.29, 1.82) is 0 Å². The summed E-state index contributed by atoms with van der Waals surface area (Å²) in [5.74, 6) is -0.898. The van der Waals surface area contributed by atoms with Gasteiger partial charge in [0.1, 0.15) is 11.0 Å². The fourth-order valence-corrected chi connectivity index (χ4v) is 2.92. The van der Waals surface area contributed by atoms with Crippen LogP contribution in [0.3, 0.4) is 0 Å². The average molecular weight is 384 g/mol. The van der Waals surface area contributed by atoms with E-state index in [-0.39, 0.29) is 16.5 Å². The second kappa shape index (κ2) is 7.45. The molecule has 1 N–H and O–H groups in total. The van der Waals surface area contributed by atoms with Crippen molar-refractivity contribution in [3.8, 4) is 0 Å². The van der Waals surface area contributed by atoms with Gasteiger partial charge in [0, 0.05) is 29.1 Å². The minimum Gasteiger partial charge on any atom is -0.322 e. The van der Waals surface area contributed by atoms with Crippen LogP contribution in [0.2, 0.25) is 5.15 Å². The fraction of sp³-hybridized carbons (Fsp3) is 0.190. The largest absolute Gasteiger partial charge is 0.322 e. The maximum Gasteiger partial charge on any atom is 0.257 e. The first-order valence-electron chi connectivity index (χ1n) is 8.43. The molecule has 0 atom stereocenters. The lowest BCUT2D eigenvalue weighted by Crippen LogP contribution is -2.19. The van der Waals surface area contributed by atoms with E-state index in [0.717, 1.165) is 17.3 Å². The molecule has 6 heteroatoms. The van der Waals surface area contributed by atoms with Gasteiger partial charge in [0.05, 0.1) is 11.8 Å². The molecule has 1 amide bonds. The van der Waals surface area contributed by atoms with E-state index in [1.165, 1.54) is 6.20 Å². The first-order chi connectivity index (χ1) is 12.8. The van der Waals surface area contributed by atoms with E-state index in [9.17, 15) is 9.18 Å². The number of pyridine rings is 2. The standard InChI is InChI=1S/C21H19ClFN3O/c1-13-17(11-24-12-18(13)23)20(27)26-16-7-4-14(5-8-16)21(2,3)15-6-9-19(22)25-10-15/h4-12H,1-3H3,(H,26,27). The maximum absolute atomic E-state index is 13.6. The number of carbonyl (C=O) groups is 1. The van der Waals surface area contributed by atoms with E-state index in [1.807, 2.05) is 30.3 Å². The van der Waals surface area contributed by atoms with Gasteiger partial charge in [0.25, 0.3) is 5.91 Å². The summed E-state index contributed by atoms with van der Waals surface area (Å²) >= 11 is 5.87. The topological polar surface area (TPSA) is 54.9 Å². The van der Waals surface area contributed by atoms with Crippen molar-refractivity contribution < 1.29 is 9.18 Å². The number of nitrogens with one attached hydrogen (secondary N) is 1. The van der Waals surface area contributed by atoms with E-state index in [0.29, 0.717) is 10.8 Å². The van der Waals surface area contributed by atoms with Gasteiger partial charge in [-0.05, 0) is 36.2 Å². The van der Waals surface area contributed by atoms with Gasteiger partial charge in [-0.2, -0.15) is 0 Å². The van der Waals surface area contributed by atoms with Crippen LogP contribution < -0.4 is 5.32 Å². The fourth-order valence-electron chi connectivity index (χ4n) is 2.81. The highest BCUT2D eigenvalue weighted by Gasteiger charge is 2.23. The molecule has 1 aromatic carbocycles. The van der Waals surface area contributed by atoms with E-state index >= 15 is 0 Å². The molecule has 3 rings (SSSR count). The molecule has 0 spiro atoms. The lowest BCUT2D eigenvalue weighted by molar-refractivity contribution is 0.102. The zero-order chi connectivity index (χ0) is 19.6. The van der Waals surface area contributed by atoms with E-state index in [2.05, 4.69) is 29.1 Å². The van der Waals surface area contributed by atoms with Crippen molar-refractivity contribution >= 4 is 23.2 Å². The predicted octanol–water partition coefficient (Wildman–Crippen LogP) is 5.16. The van der Waals surface area contributed by atoms with E-state index in [1.54, 1.807) is 19.2 Å². The van der Waals surface area contributed by atoms with Crippen molar-refractivity contribution in [2.75, 3.05) is 5.32 Å². The Hall–Kier alpha value is -2.79. The van der Waals surface area contributed by atoms with Crippen LogP contribution in [0.5, 0.6) is 0 Å². The van der Waals surface area contributed by atoms with Gasteiger partial charge >= 0.3 is 0 Å². The van der Waals surface area contributed by atoms with Crippen molar-refractivity contribution in [2.24, 2.45) is 0 Å². The molecule has 0 bridgehead atoms. The van der Waals surface area contributed by atoms with Crippen LogP contribution in [-0.2, 0) is 5.41 Å². The third-order valence-electron chi connectivity index (χ3n) is 4.71. The number of halogens is 2. The molecular weight excluding hydrogens is 365 g/mol. The molecule has 3 aromatic rings. The molecule has 27 heavy (non-hydrogen) atoms. The zero-order valence-corrected chi connectivity index (χ0v) is 16.0. The monoisotopic (exact) mass is 383 g/mol. The molecule has 0 aliphatic rings. The summed E-state index contributed by atoms with van der Waals surface area (Å²) < 4.78 is 13.6. The third kappa shape index (κ3) is 3.98. The molecule has 0 saturated carbocycles. The quantitative estimate of drug-likeness (QED) is 0.633. The molecule has 0 fully saturated rings. The van der Waals surface area contributed by atoms with Crippen LogP contribution in [-0.4, -0.2) is 15.9 Å². The highest BCUT2D eigenvalue weighted by Crippen LogP contribution is 2.32. The number of hydrogen-bond acceptors (Lipinski definition) is 3. The maximum atomic E-state index is 13.6. The number of aromatic nitrogens is 2. The summed E-state index contributed by atoms with van der Waals surface area (Å²) in [7, 11) is 0. The number of nitrogens with zero attached hydrogens (tertiary/aromatic N) is 2. The van der Waals surface area contributed by atoms with Gasteiger partial charge in [0.2, 0.25) is 0 Å². The number of rotatable bonds is 4. The Bertz CT molecular complexity index is 970. The molecular formula is C21H19ClFN3O. The molecule has 138 valence electrons. The first kappa shape index (κ1) is 19.0. The smallest absolute Gasteiger partial charge is 0.257 e. The van der Waals surface area contributed by atoms with Gasteiger partial charge in [-0.15, -0.1) is 0 Å². The summed E-state index contributed by atoms with van der Waals surface area (Å²) in [6.45, 7) is 5.73. The van der Waals surface area contributed by atoms with Crippen molar-refractivity contribution in [1.82, 2.24) is 9.97 Å². The highest BCUT2D eigenvalue weighted by molar-refractivity contribution is 6.29. The highest BCUT2D eigenvalue weighted by atomic mass is 35.5. The van der Waals surface area contributed by atoms with Crippen LogP contribution in [0.25, 0.3) is 0 Å². The normalized spacial score (nSPS) is 11.3. The van der Waals surface area contributed by atoms with Gasteiger partial charge in [-0.1, -0.05) is 43.6 Å². The lowest BCUT2D eigenvalue weighted by atomic mass is 9.79. The van der Waals surface area contributed by atoms with Crippen molar-refractivity contribution in [2.45, 2.75) is 26.2 Å². The van der Waals surface area contributed by atoms with Crippen LogP contribution in [0.1, 0.15) is 40.9 Å². The Morgan fingerprint density at radius 3 is 2.33 bits per heavy atom. The van der Waals surface area contributed by atoms with E-state index in [4.69, 9.17) is 11.6 Å². The van der Waals surface area contributed by atoms with Gasteiger partial charge in [-0.25, -0.2) is 9.37 Å². The molecule has 2 heterocycles. The number of amides is 1. The summed E-state index contributed by atoms with van der Waals surface area (Å²) in [5.41, 5.74) is 2.93. The molecule has 0 unspecified atom stereocenters. The summed E-state index contributed by atoms with van der Waals surface area (Å²) in [6, 6.07) is 11.2. The Labute approximate surface area is 162 Å². The molecule has 4 nitrogen and oxygen atoms in total. The number of carbonyl (C=O) groups excluding carboxylic acids is 1. The number of anilines is 1. The van der Waals surface area contributed by atoms with E-state index < -0.39 is 11.7 Å². The summed E-state index contributed by atoms with van der Waals surface area (Å²) in [6.07, 6.45) is 4.21. The second-order valence-electron chi connectivity index (χ2n) is 6.82. The molecule has 0 radical (unpaired) electrons. The van der Waals surface area contributed by atoms with Crippen LogP contribution in [0.15, 0.2) is 55.0 Å². The van der Waals surface area contributed by atoms with Crippen LogP contribution in [0, 0.1) is 12.7 Å². The van der Waals surface area contributed by atoms with Crippen molar-refractivity contribution in [3.63, 3.8) is 0 Å². The second-order valence-corrected chi connectivity index (χ2v) is 7.21. The first-order valence-corrected chi connectivity index (χ1v) is 8.81. The minimum absolute atomic E-state index is 0.214. The number of benzene rings is 1. The Balaban J connectivity index is 1.80. The molecule has 0 aliphatic carbocycles. The van der Waals surface area contributed by atoms with Crippen LogP contribution in [0.4, 0.5) is 10.1 Å². The zero-order valence-electron chi connectivity index (χ0n) is 15.3. The van der Waals surface area contributed by atoms with Gasteiger partial charge < -0.3 is 5.32 Å². The third-order valence-corrected chi connectivity index (χ3v) is 4.94. The predicted molar refractivity (Wildman–Crippen MR) is 105 cm³/mol. The minimum atomic E-state index is -0.503. The molecule has 0 saturated heterocycles. The Kier molecular flexibility index (Phi) is 5.24. The Morgan fingerprint density at radius 1 is 1.04 bits per heavy atom. The van der Waals surface area contributed by atoms with Gasteiger partial charge in [0.15, 0.2) is 0 Å². The molecule has 2 aromatic heterocycles. The molecule has 0 aliphatic heterocycles. The van der Waals surface area contributed by atoms with Crippen LogP contribution >= 0.6 is 11.6 Å². The number of hydrogen-bond donors (Lipinski definition) is 1. The summed E-state index contributed by atoms with van der Waals surface area (Å²) in [4.78, 5) is 20.3. The Morgan fingerprint density at radius 2 is 1.70 bits per heavy atom.